The van der Waals surface area contributed by atoms with Gasteiger partial charge in [-0.05, 0) is 18.9 Å². The molecule has 1 aliphatic carbocycles. The minimum absolute atomic E-state index is 0.477. The van der Waals surface area contributed by atoms with Gasteiger partial charge >= 0.3 is 0 Å². The largest absolute Gasteiger partial charge is 0.496 e. The van der Waals surface area contributed by atoms with Crippen LogP contribution in [0.1, 0.15) is 30.1 Å². The average molecular weight is 285 g/mol. The highest BCUT2D eigenvalue weighted by Gasteiger charge is 2.27. The van der Waals surface area contributed by atoms with E-state index in [0.29, 0.717) is 18.3 Å². The normalized spacial score (nSPS) is 13.8. The van der Waals surface area contributed by atoms with E-state index in [4.69, 9.17) is 10.6 Å². The van der Waals surface area contributed by atoms with Crippen molar-refractivity contribution >= 4 is 11.6 Å². The van der Waals surface area contributed by atoms with E-state index in [1.807, 2.05) is 24.3 Å². The number of nitrogens with two attached hydrogens (primary N) is 1. The van der Waals surface area contributed by atoms with Crippen LogP contribution in [0, 0.1) is 0 Å². The monoisotopic (exact) mass is 285 g/mol. The van der Waals surface area contributed by atoms with Gasteiger partial charge in [0, 0.05) is 24.1 Å². The first-order valence-corrected chi connectivity index (χ1v) is 7.01. The third-order valence-corrected chi connectivity index (χ3v) is 3.49. The van der Waals surface area contributed by atoms with Crippen molar-refractivity contribution in [2.45, 2.75) is 25.3 Å². The molecule has 0 saturated heterocycles. The number of hydrogen-bond donors (Lipinski definition) is 3. The zero-order valence-corrected chi connectivity index (χ0v) is 12.0. The number of aromatic nitrogens is 2. The second-order valence-corrected chi connectivity index (χ2v) is 5.08. The van der Waals surface area contributed by atoms with E-state index < -0.39 is 0 Å². The molecular formula is C15H19N5O. The Balaban J connectivity index is 1.76. The van der Waals surface area contributed by atoms with Crippen LogP contribution in [0.2, 0.25) is 0 Å². The van der Waals surface area contributed by atoms with Gasteiger partial charge in [-0.2, -0.15) is 0 Å². The predicted octanol–water partition coefficient (Wildman–Crippen LogP) is 2.26. The average Bonchev–Trinajstić information content (AvgIpc) is 3.37. The van der Waals surface area contributed by atoms with Crippen molar-refractivity contribution in [1.29, 1.82) is 0 Å². The molecule has 110 valence electrons. The first-order chi connectivity index (χ1) is 10.3. The van der Waals surface area contributed by atoms with Crippen LogP contribution in [-0.2, 0) is 6.54 Å². The molecule has 1 fully saturated rings. The summed E-state index contributed by atoms with van der Waals surface area (Å²) in [6, 6.07) is 9.72. The van der Waals surface area contributed by atoms with Crippen LogP contribution in [0.3, 0.4) is 0 Å². The lowest BCUT2D eigenvalue weighted by atomic mass is 10.2. The molecule has 6 nitrogen and oxygen atoms in total. The molecule has 0 unspecified atom stereocenters. The van der Waals surface area contributed by atoms with Gasteiger partial charge in [0.1, 0.15) is 23.2 Å². The molecule has 21 heavy (non-hydrogen) atoms. The molecule has 0 radical (unpaired) electrons. The van der Waals surface area contributed by atoms with Crippen molar-refractivity contribution in [1.82, 2.24) is 9.97 Å². The van der Waals surface area contributed by atoms with Crippen LogP contribution in [0.4, 0.5) is 11.6 Å². The maximum atomic E-state index is 5.47. The number of ether oxygens (including phenoxy) is 1. The number of rotatable bonds is 6. The van der Waals surface area contributed by atoms with Crippen molar-refractivity contribution in [2.24, 2.45) is 5.84 Å². The third-order valence-electron chi connectivity index (χ3n) is 3.49. The van der Waals surface area contributed by atoms with E-state index in [-0.39, 0.29) is 0 Å². The second-order valence-electron chi connectivity index (χ2n) is 5.08. The third kappa shape index (κ3) is 3.22. The van der Waals surface area contributed by atoms with Crippen LogP contribution in [-0.4, -0.2) is 17.1 Å². The first kappa shape index (κ1) is 13.6. The number of benzene rings is 1. The Bertz CT molecular complexity index is 627. The maximum Gasteiger partial charge on any atom is 0.145 e. The molecule has 1 aromatic heterocycles. The van der Waals surface area contributed by atoms with Gasteiger partial charge in [-0.25, -0.2) is 15.8 Å². The van der Waals surface area contributed by atoms with Crippen molar-refractivity contribution < 1.29 is 4.74 Å². The summed E-state index contributed by atoms with van der Waals surface area (Å²) in [6.07, 6.45) is 2.31. The summed E-state index contributed by atoms with van der Waals surface area (Å²) in [7, 11) is 1.67. The van der Waals surface area contributed by atoms with Crippen LogP contribution >= 0.6 is 0 Å². The molecule has 1 saturated carbocycles. The van der Waals surface area contributed by atoms with Crippen molar-refractivity contribution in [3.63, 3.8) is 0 Å². The summed E-state index contributed by atoms with van der Waals surface area (Å²) in [5, 5.41) is 3.31. The minimum Gasteiger partial charge on any atom is -0.496 e. The lowest BCUT2D eigenvalue weighted by Gasteiger charge is -2.11. The van der Waals surface area contributed by atoms with Crippen LogP contribution in [0.25, 0.3) is 0 Å². The summed E-state index contributed by atoms with van der Waals surface area (Å²) in [6.45, 7) is 0.634. The molecular weight excluding hydrogens is 266 g/mol. The molecule has 3 rings (SSSR count). The molecule has 0 atom stereocenters. The van der Waals surface area contributed by atoms with Crippen molar-refractivity contribution in [3.05, 3.63) is 41.7 Å². The highest BCUT2D eigenvalue weighted by molar-refractivity contribution is 5.48. The van der Waals surface area contributed by atoms with Crippen molar-refractivity contribution in [3.8, 4) is 5.75 Å². The number of anilines is 2. The second kappa shape index (κ2) is 5.97. The van der Waals surface area contributed by atoms with E-state index >= 15 is 0 Å². The quantitative estimate of drug-likeness (QED) is 0.557. The molecule has 2 aromatic rings. The number of methoxy groups -OCH3 is 1. The molecule has 1 aromatic carbocycles. The summed E-state index contributed by atoms with van der Waals surface area (Å²) in [5.74, 6) is 9.07. The predicted molar refractivity (Wildman–Crippen MR) is 82.1 cm³/mol. The van der Waals surface area contributed by atoms with Gasteiger partial charge in [0.25, 0.3) is 0 Å². The number of nitrogens with one attached hydrogen (secondary N) is 2. The molecule has 0 amide bonds. The van der Waals surface area contributed by atoms with E-state index in [2.05, 4.69) is 20.7 Å². The number of hydrogen-bond acceptors (Lipinski definition) is 6. The Morgan fingerprint density at radius 2 is 2.00 bits per heavy atom. The molecule has 6 heteroatoms. The molecule has 4 N–H and O–H groups in total. The van der Waals surface area contributed by atoms with Crippen LogP contribution in [0.5, 0.6) is 5.75 Å². The first-order valence-electron chi connectivity index (χ1n) is 7.01. The molecule has 0 bridgehead atoms. The van der Waals surface area contributed by atoms with E-state index in [0.717, 1.165) is 35.8 Å². The van der Waals surface area contributed by atoms with Crippen LogP contribution in [0.15, 0.2) is 30.3 Å². The molecule has 0 spiro atoms. The standard InChI is InChI=1S/C15H19N5O/c1-21-12-5-3-2-4-11(12)9-17-13-8-14(20-16)19-15(18-13)10-6-7-10/h2-5,8,10H,6-7,9,16H2,1H3,(H2,17,18,19,20). The highest BCUT2D eigenvalue weighted by Crippen LogP contribution is 2.38. The Labute approximate surface area is 123 Å². The summed E-state index contributed by atoms with van der Waals surface area (Å²) in [5.41, 5.74) is 3.67. The Morgan fingerprint density at radius 1 is 1.24 bits per heavy atom. The lowest BCUT2D eigenvalue weighted by Crippen LogP contribution is -2.12. The minimum atomic E-state index is 0.477. The number of para-hydroxylation sites is 1. The Kier molecular flexibility index (Phi) is 3.87. The fraction of sp³-hybridized carbons (Fsp3) is 0.333. The lowest BCUT2D eigenvalue weighted by molar-refractivity contribution is 0.410. The summed E-state index contributed by atoms with van der Waals surface area (Å²) in [4.78, 5) is 8.95. The summed E-state index contributed by atoms with van der Waals surface area (Å²) >= 11 is 0. The summed E-state index contributed by atoms with van der Waals surface area (Å²) < 4.78 is 5.35. The smallest absolute Gasteiger partial charge is 0.145 e. The zero-order valence-electron chi connectivity index (χ0n) is 12.0. The van der Waals surface area contributed by atoms with Gasteiger partial charge in [-0.1, -0.05) is 18.2 Å². The fourth-order valence-electron chi connectivity index (χ4n) is 2.19. The molecule has 1 aliphatic rings. The van der Waals surface area contributed by atoms with E-state index in [1.54, 1.807) is 13.2 Å². The van der Waals surface area contributed by atoms with Gasteiger partial charge < -0.3 is 15.5 Å². The number of hydrazine groups is 1. The number of nitrogen functional groups attached to an aromatic ring is 1. The zero-order chi connectivity index (χ0) is 14.7. The van der Waals surface area contributed by atoms with Gasteiger partial charge in [0.2, 0.25) is 0 Å². The Hall–Kier alpha value is -2.34. The van der Waals surface area contributed by atoms with Gasteiger partial charge in [0.15, 0.2) is 0 Å². The Morgan fingerprint density at radius 3 is 2.71 bits per heavy atom. The SMILES string of the molecule is COc1ccccc1CNc1cc(NN)nc(C2CC2)n1. The van der Waals surface area contributed by atoms with Gasteiger partial charge in [0.05, 0.1) is 7.11 Å². The fourth-order valence-corrected chi connectivity index (χ4v) is 2.19. The van der Waals surface area contributed by atoms with Crippen LogP contribution < -0.4 is 21.3 Å². The van der Waals surface area contributed by atoms with Gasteiger partial charge in [-0.15, -0.1) is 0 Å². The molecule has 1 heterocycles. The van der Waals surface area contributed by atoms with E-state index in [1.165, 1.54) is 0 Å². The highest BCUT2D eigenvalue weighted by atomic mass is 16.5. The topological polar surface area (TPSA) is 85.1 Å². The van der Waals surface area contributed by atoms with E-state index in [9.17, 15) is 0 Å². The maximum absolute atomic E-state index is 5.47. The van der Waals surface area contributed by atoms with Gasteiger partial charge in [-0.3, -0.25) is 0 Å². The van der Waals surface area contributed by atoms with Crippen molar-refractivity contribution in [2.75, 3.05) is 17.9 Å². The number of nitrogens with zero attached hydrogens (tertiary/aromatic N) is 2. The molecule has 0 aliphatic heterocycles.